The average Bonchev–Trinajstić information content (AvgIpc) is 3.18. The molecule has 7 heteroatoms. The molecule has 1 heterocycles. The van der Waals surface area contributed by atoms with Crippen LogP contribution < -0.4 is 5.32 Å². The summed E-state index contributed by atoms with van der Waals surface area (Å²) in [6.45, 7) is 6.50. The van der Waals surface area contributed by atoms with Crippen molar-refractivity contribution in [1.29, 1.82) is 0 Å². The third-order valence-electron chi connectivity index (χ3n) is 4.28. The summed E-state index contributed by atoms with van der Waals surface area (Å²) in [4.78, 5) is 24.4. The van der Waals surface area contributed by atoms with Gasteiger partial charge in [0, 0.05) is 11.1 Å². The Kier molecular flexibility index (Phi) is 6.49. The lowest BCUT2D eigenvalue weighted by molar-refractivity contribution is 0.0946. The Balaban J connectivity index is 1.50. The lowest BCUT2D eigenvalue weighted by atomic mass is 9.87. The molecule has 0 radical (unpaired) electrons. The molecule has 150 valence electrons. The van der Waals surface area contributed by atoms with E-state index in [1.165, 1.54) is 11.8 Å². The van der Waals surface area contributed by atoms with Crippen molar-refractivity contribution in [2.75, 3.05) is 5.75 Å². The molecule has 0 atom stereocenters. The molecule has 0 spiro atoms. The molecule has 0 saturated carbocycles. The van der Waals surface area contributed by atoms with Gasteiger partial charge in [-0.25, -0.2) is 0 Å². The van der Waals surface area contributed by atoms with Gasteiger partial charge < -0.3 is 9.73 Å². The summed E-state index contributed by atoms with van der Waals surface area (Å²) in [7, 11) is 0. The first-order valence-electron chi connectivity index (χ1n) is 9.25. The van der Waals surface area contributed by atoms with Gasteiger partial charge in [0.05, 0.1) is 12.3 Å². The van der Waals surface area contributed by atoms with E-state index >= 15 is 0 Å². The molecule has 0 aliphatic carbocycles. The van der Waals surface area contributed by atoms with Crippen LogP contribution in [0.25, 0.3) is 0 Å². The molecule has 0 bridgehead atoms. The Morgan fingerprint density at radius 3 is 2.31 bits per heavy atom. The predicted molar refractivity (Wildman–Crippen MR) is 112 cm³/mol. The van der Waals surface area contributed by atoms with Crippen molar-refractivity contribution >= 4 is 23.5 Å². The number of Topliss-reactive ketones (excluding diaryl/α,β-unsaturated/α-hetero) is 1. The monoisotopic (exact) mass is 409 g/mol. The Labute approximate surface area is 174 Å². The smallest absolute Gasteiger partial charge is 0.277 e. The van der Waals surface area contributed by atoms with Crippen molar-refractivity contribution in [3.63, 3.8) is 0 Å². The zero-order valence-corrected chi connectivity index (χ0v) is 17.5. The number of carbonyl (C=O) groups excluding carboxylic acids is 2. The van der Waals surface area contributed by atoms with Crippen molar-refractivity contribution in [2.45, 2.75) is 38.0 Å². The zero-order chi connectivity index (χ0) is 20.9. The van der Waals surface area contributed by atoms with Crippen LogP contribution in [0.3, 0.4) is 0 Å². The highest BCUT2D eigenvalue weighted by atomic mass is 32.2. The van der Waals surface area contributed by atoms with Crippen molar-refractivity contribution in [2.24, 2.45) is 0 Å². The van der Waals surface area contributed by atoms with Gasteiger partial charge in [0.2, 0.25) is 5.89 Å². The first-order valence-corrected chi connectivity index (χ1v) is 10.2. The molecule has 0 aliphatic rings. The van der Waals surface area contributed by atoms with Gasteiger partial charge in [-0.2, -0.15) is 0 Å². The molecule has 0 fully saturated rings. The minimum absolute atomic E-state index is 0.0117. The van der Waals surface area contributed by atoms with E-state index < -0.39 is 0 Å². The van der Waals surface area contributed by atoms with E-state index in [1.54, 1.807) is 24.3 Å². The van der Waals surface area contributed by atoms with Crippen molar-refractivity contribution in [3.8, 4) is 0 Å². The zero-order valence-electron chi connectivity index (χ0n) is 16.6. The highest BCUT2D eigenvalue weighted by molar-refractivity contribution is 7.99. The maximum atomic E-state index is 12.3. The van der Waals surface area contributed by atoms with E-state index in [4.69, 9.17) is 4.42 Å². The van der Waals surface area contributed by atoms with E-state index in [1.807, 2.05) is 30.3 Å². The van der Waals surface area contributed by atoms with Crippen LogP contribution in [0.1, 0.15) is 52.9 Å². The summed E-state index contributed by atoms with van der Waals surface area (Å²) < 4.78 is 5.49. The van der Waals surface area contributed by atoms with Crippen LogP contribution in [0.15, 0.2) is 64.2 Å². The number of ketones is 1. The number of nitrogens with one attached hydrogen (secondary N) is 1. The number of aromatic nitrogens is 2. The van der Waals surface area contributed by atoms with Crippen molar-refractivity contribution in [1.82, 2.24) is 15.5 Å². The second-order valence-electron chi connectivity index (χ2n) is 7.55. The molecule has 1 N–H and O–H groups in total. The van der Waals surface area contributed by atoms with Gasteiger partial charge in [0.25, 0.3) is 11.1 Å². The average molecular weight is 410 g/mol. The van der Waals surface area contributed by atoms with Gasteiger partial charge in [-0.3, -0.25) is 9.59 Å². The molecule has 6 nitrogen and oxygen atoms in total. The fraction of sp³-hybridized carbons (Fsp3) is 0.273. The van der Waals surface area contributed by atoms with E-state index in [-0.39, 0.29) is 29.4 Å². The Morgan fingerprint density at radius 1 is 0.966 bits per heavy atom. The Bertz CT molecular complexity index is 977. The Hall–Kier alpha value is -2.93. The first kappa shape index (κ1) is 20.8. The van der Waals surface area contributed by atoms with Gasteiger partial charge in [-0.15, -0.1) is 10.2 Å². The molecule has 2 aromatic carbocycles. The van der Waals surface area contributed by atoms with Gasteiger partial charge in [0.15, 0.2) is 5.78 Å². The second-order valence-corrected chi connectivity index (χ2v) is 8.48. The molecule has 1 aromatic heterocycles. The topological polar surface area (TPSA) is 85.1 Å². The number of rotatable bonds is 7. The normalized spacial score (nSPS) is 11.3. The predicted octanol–water partition coefficient (Wildman–Crippen LogP) is 4.27. The number of thioether (sulfide) groups is 1. The SMILES string of the molecule is CC(C)(C)c1ccc(C(=O)NCc2nnc(SCC(=O)c3ccccc3)o2)cc1. The molecular formula is C22H23N3O3S. The molecule has 29 heavy (non-hydrogen) atoms. The number of benzene rings is 2. The molecule has 3 aromatic rings. The van der Waals surface area contributed by atoms with Crippen LogP contribution >= 0.6 is 11.8 Å². The minimum atomic E-state index is -0.211. The van der Waals surface area contributed by atoms with Gasteiger partial charge in [0.1, 0.15) is 0 Å². The highest BCUT2D eigenvalue weighted by Gasteiger charge is 2.15. The van der Waals surface area contributed by atoms with E-state index in [0.29, 0.717) is 22.2 Å². The molecule has 1 amide bonds. The maximum absolute atomic E-state index is 12.3. The Morgan fingerprint density at radius 2 is 1.66 bits per heavy atom. The fourth-order valence-electron chi connectivity index (χ4n) is 2.58. The summed E-state index contributed by atoms with van der Waals surface area (Å²) in [5.74, 6) is 0.275. The molecular weight excluding hydrogens is 386 g/mol. The largest absolute Gasteiger partial charge is 0.414 e. The quantitative estimate of drug-likeness (QED) is 0.463. The third kappa shape index (κ3) is 5.77. The van der Waals surface area contributed by atoms with E-state index in [2.05, 4.69) is 36.3 Å². The fourth-order valence-corrected chi connectivity index (χ4v) is 3.26. The molecule has 0 aliphatic heterocycles. The van der Waals surface area contributed by atoms with Crippen molar-refractivity contribution in [3.05, 3.63) is 77.2 Å². The standard InChI is InChI=1S/C22H23N3O3S/c1-22(2,3)17-11-9-16(10-12-17)20(27)23-13-19-24-25-21(28-19)29-14-18(26)15-7-5-4-6-8-15/h4-12H,13-14H2,1-3H3,(H,23,27). The molecule has 3 rings (SSSR count). The van der Waals surface area contributed by atoms with Crippen LogP contribution in [0.2, 0.25) is 0 Å². The number of nitrogens with zero attached hydrogens (tertiary/aromatic N) is 2. The number of carbonyl (C=O) groups is 2. The summed E-state index contributed by atoms with van der Waals surface area (Å²) in [5.41, 5.74) is 2.41. The van der Waals surface area contributed by atoms with Gasteiger partial charge in [-0.05, 0) is 23.1 Å². The van der Waals surface area contributed by atoms with Crippen LogP contribution in [0.4, 0.5) is 0 Å². The minimum Gasteiger partial charge on any atom is -0.414 e. The number of hydrogen-bond acceptors (Lipinski definition) is 6. The molecule has 0 unspecified atom stereocenters. The summed E-state index contributed by atoms with van der Waals surface area (Å²) in [6, 6.07) is 16.6. The van der Waals surface area contributed by atoms with Crippen LogP contribution in [-0.2, 0) is 12.0 Å². The maximum Gasteiger partial charge on any atom is 0.277 e. The summed E-state index contributed by atoms with van der Waals surface area (Å²) in [5, 5.41) is 10.9. The second kappa shape index (κ2) is 9.05. The van der Waals surface area contributed by atoms with E-state index in [9.17, 15) is 9.59 Å². The van der Waals surface area contributed by atoms with Gasteiger partial charge in [-0.1, -0.05) is 75.0 Å². The lowest BCUT2D eigenvalue weighted by Gasteiger charge is -2.18. The van der Waals surface area contributed by atoms with Crippen molar-refractivity contribution < 1.29 is 14.0 Å². The van der Waals surface area contributed by atoms with Gasteiger partial charge >= 0.3 is 0 Å². The molecule has 0 saturated heterocycles. The lowest BCUT2D eigenvalue weighted by Crippen LogP contribution is -2.23. The van der Waals surface area contributed by atoms with Crippen LogP contribution in [0, 0.1) is 0 Å². The van der Waals surface area contributed by atoms with E-state index in [0.717, 1.165) is 5.56 Å². The highest BCUT2D eigenvalue weighted by Crippen LogP contribution is 2.22. The number of amides is 1. The van der Waals surface area contributed by atoms with Crippen LogP contribution in [0.5, 0.6) is 0 Å². The summed E-state index contributed by atoms with van der Waals surface area (Å²) >= 11 is 1.18. The van der Waals surface area contributed by atoms with Crippen LogP contribution in [-0.4, -0.2) is 27.6 Å². The third-order valence-corrected chi connectivity index (χ3v) is 5.10. The number of hydrogen-bond donors (Lipinski definition) is 1. The summed E-state index contributed by atoms with van der Waals surface area (Å²) in [6.07, 6.45) is 0. The first-order chi connectivity index (χ1) is 13.8.